The zero-order valence-corrected chi connectivity index (χ0v) is 17.1. The van der Waals surface area contributed by atoms with Crippen LogP contribution in [0.4, 0.5) is 36.6 Å². The summed E-state index contributed by atoms with van der Waals surface area (Å²) < 4.78 is 93.4. The van der Waals surface area contributed by atoms with Gasteiger partial charge in [-0.25, -0.2) is 9.37 Å². The fraction of sp³-hybridized carbons (Fsp3) is 0.350. The highest BCUT2D eigenvalue weighted by Gasteiger charge is 2.56. The fourth-order valence-corrected chi connectivity index (χ4v) is 4.21. The number of alkyl halides is 6. The molecule has 1 saturated carbocycles. The average Bonchev–Trinajstić information content (AvgIpc) is 3.15. The minimum absolute atomic E-state index is 0.0266. The second-order valence-corrected chi connectivity index (χ2v) is 8.34. The molecule has 1 aromatic carbocycles. The zero-order chi connectivity index (χ0) is 25.1. The van der Waals surface area contributed by atoms with Crippen LogP contribution in [0.1, 0.15) is 29.8 Å². The van der Waals surface area contributed by atoms with E-state index in [0.29, 0.717) is 22.2 Å². The molecule has 0 saturated heterocycles. The molecule has 0 spiro atoms. The summed E-state index contributed by atoms with van der Waals surface area (Å²) in [5, 5.41) is 6.03. The summed E-state index contributed by atoms with van der Waals surface area (Å²) in [6, 6.07) is 6.10. The summed E-state index contributed by atoms with van der Waals surface area (Å²) in [6.07, 6.45) is -9.90. The molecule has 1 aliphatic rings. The first-order chi connectivity index (χ1) is 15.6. The van der Waals surface area contributed by atoms with Crippen LogP contribution >= 0.6 is 0 Å². The number of aromatic nitrogens is 3. The van der Waals surface area contributed by atoms with Gasteiger partial charge < -0.3 is 16.8 Å². The summed E-state index contributed by atoms with van der Waals surface area (Å²) in [5.41, 5.74) is 5.98. The van der Waals surface area contributed by atoms with E-state index in [4.69, 9.17) is 11.5 Å². The van der Waals surface area contributed by atoms with Crippen LogP contribution in [0.5, 0.6) is 0 Å². The van der Waals surface area contributed by atoms with Crippen LogP contribution in [-0.4, -0.2) is 32.6 Å². The lowest BCUT2D eigenvalue weighted by atomic mass is 9.54. The summed E-state index contributed by atoms with van der Waals surface area (Å²) in [6.45, 7) is -0.164. The normalized spacial score (nSPS) is 23.1. The lowest BCUT2D eigenvalue weighted by Gasteiger charge is -2.53. The lowest BCUT2D eigenvalue weighted by Crippen LogP contribution is -2.68. The molecule has 3 aromatic rings. The maximum atomic E-state index is 13.4. The van der Waals surface area contributed by atoms with Crippen molar-refractivity contribution in [3.8, 4) is 0 Å². The number of benzene rings is 1. The molecule has 0 aliphatic heterocycles. The quantitative estimate of drug-likeness (QED) is 0.476. The van der Waals surface area contributed by atoms with Gasteiger partial charge in [-0.1, -0.05) is 12.1 Å². The summed E-state index contributed by atoms with van der Waals surface area (Å²) in [5.74, 6) is -1.75. The smallest absolute Gasteiger partial charge is 0.369 e. The van der Waals surface area contributed by atoms with Crippen molar-refractivity contribution < 1.29 is 35.5 Å². The Morgan fingerprint density at radius 2 is 1.62 bits per heavy atom. The molecule has 1 fully saturated rings. The molecule has 14 heteroatoms. The number of fused-ring (bicyclic) bond motifs is 1. The van der Waals surface area contributed by atoms with Gasteiger partial charge in [-0.3, -0.25) is 4.79 Å². The van der Waals surface area contributed by atoms with Crippen LogP contribution < -0.4 is 16.8 Å². The van der Waals surface area contributed by atoms with E-state index in [1.54, 1.807) is 0 Å². The number of nitrogens with two attached hydrogens (primary N) is 2. The van der Waals surface area contributed by atoms with Gasteiger partial charge in [0.2, 0.25) is 5.91 Å². The largest absolute Gasteiger partial charge is 0.435 e. The molecule has 0 bridgehead atoms. The number of amides is 1. The van der Waals surface area contributed by atoms with Crippen molar-refractivity contribution in [1.29, 1.82) is 0 Å². The van der Waals surface area contributed by atoms with E-state index in [1.165, 1.54) is 12.1 Å². The number of primary amides is 1. The van der Waals surface area contributed by atoms with Gasteiger partial charge in [0.15, 0.2) is 17.0 Å². The Morgan fingerprint density at radius 1 is 1.03 bits per heavy atom. The zero-order valence-electron chi connectivity index (χ0n) is 17.1. The molecule has 1 amide bonds. The predicted molar refractivity (Wildman–Crippen MR) is 105 cm³/mol. The van der Waals surface area contributed by atoms with Gasteiger partial charge in [0.05, 0.1) is 5.54 Å². The standard InChI is InChI=1S/C20H17F7N6O/c21-11-3-1-10(2-4-11)17(7-18(29,8-17)16(28)34)9-30-14-5-12(19(22,23)24)31-15-6-13(20(25,26)27)32-33(14)15/h1-6,30H,7-9,29H2,(H2,28,34). The SMILES string of the molecule is NC(=O)C1(N)CC(CNc2cc(C(F)(F)F)nc3cc(C(F)(F)F)nn23)(c2ccc(F)cc2)C1. The maximum Gasteiger partial charge on any atom is 0.435 e. The van der Waals surface area contributed by atoms with E-state index in [2.05, 4.69) is 15.4 Å². The maximum absolute atomic E-state index is 13.4. The van der Waals surface area contributed by atoms with Crippen molar-refractivity contribution in [2.24, 2.45) is 11.5 Å². The molecule has 182 valence electrons. The van der Waals surface area contributed by atoms with Gasteiger partial charge in [-0.15, -0.1) is 0 Å². The first kappa shape index (κ1) is 23.7. The Labute approximate surface area is 186 Å². The number of carbonyl (C=O) groups is 1. The highest BCUT2D eigenvalue weighted by molar-refractivity contribution is 5.86. The average molecular weight is 490 g/mol. The number of nitrogens with one attached hydrogen (secondary N) is 1. The van der Waals surface area contributed by atoms with E-state index in [1.807, 2.05) is 0 Å². The van der Waals surface area contributed by atoms with Crippen molar-refractivity contribution in [3.05, 3.63) is 59.2 Å². The minimum atomic E-state index is -4.94. The molecule has 1 aliphatic carbocycles. The molecule has 7 nitrogen and oxygen atoms in total. The van der Waals surface area contributed by atoms with Gasteiger partial charge in [-0.2, -0.15) is 36.0 Å². The molecule has 2 aromatic heterocycles. The molecule has 0 radical (unpaired) electrons. The topological polar surface area (TPSA) is 111 Å². The first-order valence-electron chi connectivity index (χ1n) is 9.77. The van der Waals surface area contributed by atoms with E-state index in [0.717, 1.165) is 12.1 Å². The molecular weight excluding hydrogens is 473 g/mol. The Kier molecular flexibility index (Phi) is 5.27. The van der Waals surface area contributed by atoms with Gasteiger partial charge in [0, 0.05) is 24.1 Å². The summed E-state index contributed by atoms with van der Waals surface area (Å²) in [4.78, 5) is 15.0. The highest BCUT2D eigenvalue weighted by atomic mass is 19.4. The van der Waals surface area contributed by atoms with Gasteiger partial charge in [-0.05, 0) is 30.5 Å². The van der Waals surface area contributed by atoms with E-state index in [9.17, 15) is 35.5 Å². The number of anilines is 1. The van der Waals surface area contributed by atoms with Crippen molar-refractivity contribution >= 4 is 17.4 Å². The third-order valence-electron chi connectivity index (χ3n) is 5.87. The predicted octanol–water partition coefficient (Wildman–Crippen LogP) is 3.23. The molecule has 34 heavy (non-hydrogen) atoms. The summed E-state index contributed by atoms with van der Waals surface area (Å²) >= 11 is 0. The number of carbonyl (C=O) groups excluding carboxylic acids is 1. The number of halogens is 7. The molecule has 0 atom stereocenters. The fourth-order valence-electron chi connectivity index (χ4n) is 4.21. The molecule has 4 rings (SSSR count). The first-order valence-corrected chi connectivity index (χ1v) is 9.77. The Balaban J connectivity index is 1.74. The van der Waals surface area contributed by atoms with E-state index in [-0.39, 0.29) is 19.4 Å². The molecule has 2 heterocycles. The second kappa shape index (κ2) is 7.55. The minimum Gasteiger partial charge on any atom is -0.369 e. The van der Waals surface area contributed by atoms with E-state index < -0.39 is 57.9 Å². The van der Waals surface area contributed by atoms with Crippen molar-refractivity contribution in [1.82, 2.24) is 14.6 Å². The third kappa shape index (κ3) is 4.13. The lowest BCUT2D eigenvalue weighted by molar-refractivity contribution is -0.142. The van der Waals surface area contributed by atoms with Crippen LogP contribution in [0.15, 0.2) is 36.4 Å². The summed E-state index contributed by atoms with van der Waals surface area (Å²) in [7, 11) is 0. The molecule has 0 unspecified atom stereocenters. The third-order valence-corrected chi connectivity index (χ3v) is 5.87. The van der Waals surface area contributed by atoms with Crippen LogP contribution in [-0.2, 0) is 22.6 Å². The van der Waals surface area contributed by atoms with Crippen LogP contribution in [0, 0.1) is 5.82 Å². The van der Waals surface area contributed by atoms with Gasteiger partial charge >= 0.3 is 12.4 Å². The van der Waals surface area contributed by atoms with Crippen molar-refractivity contribution in [2.45, 2.75) is 36.1 Å². The number of nitrogens with zero attached hydrogens (tertiary/aromatic N) is 3. The highest BCUT2D eigenvalue weighted by Crippen LogP contribution is 2.49. The Morgan fingerprint density at radius 3 is 2.15 bits per heavy atom. The van der Waals surface area contributed by atoms with Crippen LogP contribution in [0.25, 0.3) is 5.65 Å². The van der Waals surface area contributed by atoms with Gasteiger partial charge in [0.25, 0.3) is 0 Å². The number of hydrogen-bond acceptors (Lipinski definition) is 5. The number of rotatable bonds is 5. The van der Waals surface area contributed by atoms with Crippen LogP contribution in [0.3, 0.4) is 0 Å². The number of hydrogen-bond donors (Lipinski definition) is 3. The van der Waals surface area contributed by atoms with E-state index >= 15 is 0 Å². The second-order valence-electron chi connectivity index (χ2n) is 8.34. The Hall–Kier alpha value is -3.42. The molecular formula is C20H17F7N6O. The Bertz CT molecular complexity index is 1240. The van der Waals surface area contributed by atoms with Gasteiger partial charge in [0.1, 0.15) is 11.6 Å². The monoisotopic (exact) mass is 490 g/mol. The van der Waals surface area contributed by atoms with Crippen molar-refractivity contribution in [2.75, 3.05) is 11.9 Å². The van der Waals surface area contributed by atoms with Crippen LogP contribution in [0.2, 0.25) is 0 Å². The van der Waals surface area contributed by atoms with Crippen molar-refractivity contribution in [3.63, 3.8) is 0 Å². The molecule has 5 N–H and O–H groups in total.